The van der Waals surface area contributed by atoms with Crippen molar-refractivity contribution in [3.05, 3.63) is 0 Å². The summed E-state index contributed by atoms with van der Waals surface area (Å²) in [5.74, 6) is 0.451. The molecule has 0 bridgehead atoms. The summed E-state index contributed by atoms with van der Waals surface area (Å²) in [4.78, 5) is 0. The van der Waals surface area contributed by atoms with E-state index in [9.17, 15) is 0 Å². The van der Waals surface area contributed by atoms with Gasteiger partial charge in [-0.15, -0.1) is 0 Å². The second kappa shape index (κ2) is 4.03. The van der Waals surface area contributed by atoms with Gasteiger partial charge in [-0.2, -0.15) is 0 Å². The van der Waals surface area contributed by atoms with Gasteiger partial charge in [-0.1, -0.05) is 20.3 Å². The van der Waals surface area contributed by atoms with Gasteiger partial charge in [-0.25, -0.2) is 0 Å². The molecule has 2 nitrogen and oxygen atoms in total. The van der Waals surface area contributed by atoms with E-state index in [1.807, 2.05) is 0 Å². The molecule has 1 fully saturated rings. The molecular weight excluding hydrogens is 171 g/mol. The van der Waals surface area contributed by atoms with E-state index < -0.39 is 0 Å². The van der Waals surface area contributed by atoms with Crippen molar-refractivity contribution in [3.8, 4) is 0 Å². The lowest BCUT2D eigenvalue weighted by Crippen LogP contribution is -2.36. The van der Waals surface area contributed by atoms with Crippen LogP contribution in [0.2, 0.25) is 0 Å². The van der Waals surface area contributed by atoms with Crippen molar-refractivity contribution in [2.75, 3.05) is 6.61 Å². The molecule has 1 N–H and O–H groups in total. The molecule has 0 aromatic heterocycles. The second-order valence-corrected chi connectivity index (χ2v) is 4.62. The first-order valence-corrected chi connectivity index (χ1v) is 5.42. The zero-order valence-electron chi connectivity index (χ0n) is 8.04. The molecule has 0 spiro atoms. The Morgan fingerprint density at radius 3 is 2.83 bits per heavy atom. The van der Waals surface area contributed by atoms with E-state index in [1.54, 1.807) is 0 Å². The van der Waals surface area contributed by atoms with Crippen LogP contribution in [0, 0.1) is 5.92 Å². The summed E-state index contributed by atoms with van der Waals surface area (Å²) in [6.07, 6.45) is 2.23. The first kappa shape index (κ1) is 10.4. The maximum atomic E-state index is 8.97. The molecule has 1 saturated heterocycles. The molecular formula is C8H17BO2S. The minimum absolute atomic E-state index is 0.00481. The third-order valence-electron chi connectivity index (χ3n) is 2.98. The number of rotatable bonds is 3. The van der Waals surface area contributed by atoms with Gasteiger partial charge in [-0.05, 0) is 24.4 Å². The standard InChI is InChI=1S/C8H17BO2S/c1-3-4-8(9)6(2)7(12-10)5-11-8/h6-7,10H,3-5,9H2,1-2H3/t6-,7?,8-/m1/s1. The van der Waals surface area contributed by atoms with Crippen LogP contribution < -0.4 is 0 Å². The Hall–Kier alpha value is 0.335. The third kappa shape index (κ3) is 1.81. The van der Waals surface area contributed by atoms with E-state index in [4.69, 9.17) is 9.29 Å². The first-order chi connectivity index (χ1) is 5.64. The molecule has 1 unspecified atom stereocenters. The van der Waals surface area contributed by atoms with Crippen LogP contribution in [0.25, 0.3) is 0 Å². The lowest BCUT2D eigenvalue weighted by atomic mass is 9.69. The second-order valence-electron chi connectivity index (χ2n) is 3.81. The number of ether oxygens (including phenoxy) is 1. The highest BCUT2D eigenvalue weighted by molar-refractivity contribution is 7.94. The molecule has 70 valence electrons. The van der Waals surface area contributed by atoms with Crippen LogP contribution in [0.3, 0.4) is 0 Å². The lowest BCUT2D eigenvalue weighted by molar-refractivity contribution is 0.0474. The van der Waals surface area contributed by atoms with Gasteiger partial charge < -0.3 is 9.29 Å². The zero-order chi connectivity index (χ0) is 9.19. The summed E-state index contributed by atoms with van der Waals surface area (Å²) in [6, 6.07) is 0. The van der Waals surface area contributed by atoms with Crippen LogP contribution >= 0.6 is 12.0 Å². The minimum atomic E-state index is -0.00481. The van der Waals surface area contributed by atoms with Crippen molar-refractivity contribution in [2.45, 2.75) is 37.4 Å². The molecule has 0 aromatic rings. The average molecular weight is 188 g/mol. The van der Waals surface area contributed by atoms with Gasteiger partial charge >= 0.3 is 0 Å². The van der Waals surface area contributed by atoms with Gasteiger partial charge in [0.2, 0.25) is 0 Å². The summed E-state index contributed by atoms with van der Waals surface area (Å²) in [6.45, 7) is 5.02. The van der Waals surface area contributed by atoms with Gasteiger partial charge in [0.15, 0.2) is 0 Å². The molecule has 0 saturated carbocycles. The Labute approximate surface area is 79.7 Å². The van der Waals surface area contributed by atoms with Gasteiger partial charge in [0.1, 0.15) is 7.85 Å². The summed E-state index contributed by atoms with van der Waals surface area (Å²) >= 11 is 0.944. The number of hydrogen-bond acceptors (Lipinski definition) is 3. The monoisotopic (exact) mass is 188 g/mol. The quantitative estimate of drug-likeness (QED) is 0.535. The van der Waals surface area contributed by atoms with Crippen LogP contribution in [-0.2, 0) is 4.74 Å². The summed E-state index contributed by atoms with van der Waals surface area (Å²) in [5.41, 5.74) is -0.00481. The normalized spacial score (nSPS) is 41.9. The summed E-state index contributed by atoms with van der Waals surface area (Å²) in [7, 11) is 2.15. The van der Waals surface area contributed by atoms with Gasteiger partial charge in [-0.3, -0.25) is 0 Å². The highest BCUT2D eigenvalue weighted by Crippen LogP contribution is 2.37. The minimum Gasteiger partial charge on any atom is -0.383 e. The first-order valence-electron chi connectivity index (χ1n) is 4.58. The summed E-state index contributed by atoms with van der Waals surface area (Å²) in [5, 5.41) is 0.265. The Morgan fingerprint density at radius 1 is 1.75 bits per heavy atom. The van der Waals surface area contributed by atoms with Gasteiger partial charge in [0.05, 0.1) is 11.9 Å². The SMILES string of the molecule is B[C@]1(CCC)OCC(SO)[C@H]1C. The van der Waals surface area contributed by atoms with Crippen LogP contribution in [0.1, 0.15) is 26.7 Å². The maximum absolute atomic E-state index is 8.97. The topological polar surface area (TPSA) is 29.5 Å². The van der Waals surface area contributed by atoms with Gasteiger partial charge in [0, 0.05) is 5.50 Å². The van der Waals surface area contributed by atoms with E-state index in [0.717, 1.165) is 24.9 Å². The van der Waals surface area contributed by atoms with E-state index in [0.29, 0.717) is 12.5 Å². The van der Waals surface area contributed by atoms with Crippen molar-refractivity contribution < 1.29 is 9.29 Å². The molecule has 0 radical (unpaired) electrons. The molecule has 0 aromatic carbocycles. The molecule has 1 aliphatic rings. The third-order valence-corrected chi connectivity index (χ3v) is 3.80. The Kier molecular flexibility index (Phi) is 3.50. The Balaban J connectivity index is 2.57. The highest BCUT2D eigenvalue weighted by Gasteiger charge is 2.42. The predicted molar refractivity (Wildman–Crippen MR) is 55.3 cm³/mol. The predicted octanol–water partition coefficient (Wildman–Crippen LogP) is 1.36. The molecule has 0 amide bonds. The molecule has 1 heterocycles. The van der Waals surface area contributed by atoms with E-state index >= 15 is 0 Å². The lowest BCUT2D eigenvalue weighted by Gasteiger charge is -2.28. The van der Waals surface area contributed by atoms with Crippen LogP contribution in [-0.4, -0.2) is 29.8 Å². The van der Waals surface area contributed by atoms with E-state index in [1.165, 1.54) is 0 Å². The molecule has 1 rings (SSSR count). The van der Waals surface area contributed by atoms with Crippen molar-refractivity contribution >= 4 is 19.9 Å². The number of hydrogen-bond donors (Lipinski definition) is 1. The largest absolute Gasteiger partial charge is 0.383 e. The maximum Gasteiger partial charge on any atom is 0.143 e. The summed E-state index contributed by atoms with van der Waals surface area (Å²) < 4.78 is 14.7. The van der Waals surface area contributed by atoms with E-state index in [-0.39, 0.29) is 10.8 Å². The van der Waals surface area contributed by atoms with Gasteiger partial charge in [0.25, 0.3) is 0 Å². The molecule has 4 heteroatoms. The van der Waals surface area contributed by atoms with Crippen molar-refractivity contribution in [3.63, 3.8) is 0 Å². The Bertz CT molecular complexity index is 156. The molecule has 3 atom stereocenters. The van der Waals surface area contributed by atoms with Crippen molar-refractivity contribution in [1.29, 1.82) is 0 Å². The van der Waals surface area contributed by atoms with E-state index in [2.05, 4.69) is 21.7 Å². The van der Waals surface area contributed by atoms with Crippen molar-refractivity contribution in [2.24, 2.45) is 5.92 Å². The molecule has 12 heavy (non-hydrogen) atoms. The average Bonchev–Trinajstić information content (AvgIpc) is 2.30. The smallest absolute Gasteiger partial charge is 0.143 e. The van der Waals surface area contributed by atoms with Crippen molar-refractivity contribution in [1.82, 2.24) is 0 Å². The fraction of sp³-hybridized carbons (Fsp3) is 1.00. The van der Waals surface area contributed by atoms with Crippen LogP contribution in [0.5, 0.6) is 0 Å². The fourth-order valence-electron chi connectivity index (χ4n) is 1.86. The van der Waals surface area contributed by atoms with Crippen LogP contribution in [0.4, 0.5) is 0 Å². The molecule has 0 aliphatic carbocycles. The highest BCUT2D eigenvalue weighted by atomic mass is 32.2. The van der Waals surface area contributed by atoms with Crippen LogP contribution in [0.15, 0.2) is 0 Å². The Morgan fingerprint density at radius 2 is 2.42 bits per heavy atom. The fourth-order valence-corrected chi connectivity index (χ4v) is 2.46. The zero-order valence-corrected chi connectivity index (χ0v) is 8.86. The molecule has 1 aliphatic heterocycles.